The van der Waals surface area contributed by atoms with Gasteiger partial charge in [0.1, 0.15) is 5.75 Å². The van der Waals surface area contributed by atoms with E-state index in [0.29, 0.717) is 23.7 Å². The molecule has 2 aromatic carbocycles. The lowest BCUT2D eigenvalue weighted by molar-refractivity contribution is -0.202. The van der Waals surface area contributed by atoms with E-state index >= 15 is 0 Å². The van der Waals surface area contributed by atoms with Crippen LogP contribution in [0.4, 0.5) is 13.2 Å². The third-order valence-electron chi connectivity index (χ3n) is 5.41. The maximum atomic E-state index is 12.9. The van der Waals surface area contributed by atoms with Crippen molar-refractivity contribution in [3.05, 3.63) is 59.1 Å². The van der Waals surface area contributed by atoms with Gasteiger partial charge in [-0.05, 0) is 37.3 Å². The number of piperazine rings is 1. The molecular weight excluding hydrogens is 513 g/mol. The summed E-state index contributed by atoms with van der Waals surface area (Å²) < 4.78 is 72.9. The maximum absolute atomic E-state index is 12.9. The smallest absolute Gasteiger partial charge is 0.482 e. The summed E-state index contributed by atoms with van der Waals surface area (Å²) in [5.41, 5.74) is 0.534. The molecule has 1 atom stereocenters. The van der Waals surface area contributed by atoms with Gasteiger partial charge in [-0.3, -0.25) is 4.90 Å². The lowest BCUT2D eigenvalue weighted by atomic mass is 10.0. The molecule has 35 heavy (non-hydrogen) atoms. The van der Waals surface area contributed by atoms with Gasteiger partial charge in [0.05, 0.1) is 4.90 Å². The Bertz CT molecular complexity index is 1170. The molecule has 0 radical (unpaired) electrons. The molecule has 0 bridgehead atoms. The molecule has 3 rings (SSSR count). The zero-order valence-electron chi connectivity index (χ0n) is 18.5. The van der Waals surface area contributed by atoms with Crippen LogP contribution < -0.4 is 4.74 Å². The van der Waals surface area contributed by atoms with Gasteiger partial charge in [0.2, 0.25) is 10.0 Å². The summed E-state index contributed by atoms with van der Waals surface area (Å²) in [5, 5.41) is 0.360. The number of alkyl halides is 3. The third kappa shape index (κ3) is 6.72. The fourth-order valence-corrected chi connectivity index (χ4v) is 5.20. The van der Waals surface area contributed by atoms with Gasteiger partial charge in [0, 0.05) is 42.8 Å². The Labute approximate surface area is 205 Å². The topological polar surface area (TPSA) is 93.2 Å². The highest BCUT2D eigenvalue weighted by Gasteiger charge is 2.42. The molecule has 190 valence electrons. The Morgan fingerprint density at radius 1 is 1.06 bits per heavy atom. The van der Waals surface area contributed by atoms with Gasteiger partial charge in [-0.2, -0.15) is 17.5 Å². The Morgan fingerprint density at radius 3 is 2.29 bits per heavy atom. The number of hydrogen-bond donors (Lipinski definition) is 0. The number of halogens is 4. The number of carbonyl (C=O) groups is 2. The minimum atomic E-state index is -5.30. The molecule has 1 unspecified atom stereocenters. The molecule has 1 aliphatic heterocycles. The van der Waals surface area contributed by atoms with E-state index in [4.69, 9.17) is 16.3 Å². The molecule has 1 heterocycles. The van der Waals surface area contributed by atoms with E-state index in [9.17, 15) is 31.2 Å². The van der Waals surface area contributed by atoms with Crippen LogP contribution in [0.1, 0.15) is 18.5 Å². The fourth-order valence-electron chi connectivity index (χ4n) is 3.57. The maximum Gasteiger partial charge on any atom is 0.491 e. The number of rotatable bonds is 7. The van der Waals surface area contributed by atoms with E-state index in [1.807, 2.05) is 11.8 Å². The van der Waals surface area contributed by atoms with E-state index in [1.54, 1.807) is 24.3 Å². The normalized spacial score (nSPS) is 16.5. The molecule has 2 aromatic rings. The molecule has 1 aliphatic rings. The highest BCUT2D eigenvalue weighted by atomic mass is 35.5. The number of ether oxygens (including phenoxy) is 2. The first-order chi connectivity index (χ1) is 16.4. The summed E-state index contributed by atoms with van der Waals surface area (Å²) in [7, 11) is -3.63. The van der Waals surface area contributed by atoms with Crippen LogP contribution in [0.2, 0.25) is 5.02 Å². The van der Waals surface area contributed by atoms with Crippen molar-refractivity contribution in [2.45, 2.75) is 24.0 Å². The number of hydrogen-bond acceptors (Lipinski definition) is 7. The first-order valence-electron chi connectivity index (χ1n) is 10.4. The molecule has 0 aromatic heterocycles. The number of nitrogens with zero attached hydrogens (tertiary/aromatic N) is 2. The minimum Gasteiger partial charge on any atom is -0.482 e. The van der Waals surface area contributed by atoms with Crippen LogP contribution in [0.15, 0.2) is 53.4 Å². The predicted octanol–water partition coefficient (Wildman–Crippen LogP) is 3.42. The first kappa shape index (κ1) is 26.9. The van der Waals surface area contributed by atoms with Crippen molar-refractivity contribution >= 4 is 33.6 Å². The average molecular weight is 535 g/mol. The summed E-state index contributed by atoms with van der Waals surface area (Å²) in [6.45, 7) is 2.16. The van der Waals surface area contributed by atoms with Crippen molar-refractivity contribution in [3.63, 3.8) is 0 Å². The van der Waals surface area contributed by atoms with E-state index < -0.39 is 34.7 Å². The summed E-state index contributed by atoms with van der Waals surface area (Å²) >= 11 is 6.11. The number of sulfonamides is 1. The number of carbonyl (C=O) groups excluding carboxylic acids is 2. The Balaban J connectivity index is 1.66. The Hall–Kier alpha value is -2.67. The quantitative estimate of drug-likeness (QED) is 0.397. The second-order valence-electron chi connectivity index (χ2n) is 7.66. The minimum absolute atomic E-state index is 0.164. The predicted molar refractivity (Wildman–Crippen MR) is 119 cm³/mol. The molecule has 0 amide bonds. The van der Waals surface area contributed by atoms with E-state index in [0.717, 1.165) is 0 Å². The van der Waals surface area contributed by atoms with Crippen LogP contribution in [0.3, 0.4) is 0 Å². The molecule has 0 N–H and O–H groups in total. The number of benzene rings is 2. The lowest BCUT2D eigenvalue weighted by Crippen LogP contribution is -2.49. The second kappa shape index (κ2) is 10.9. The molecule has 1 saturated heterocycles. The molecular formula is C22H22ClF3N2O6S. The largest absolute Gasteiger partial charge is 0.491 e. The Morgan fingerprint density at radius 2 is 1.69 bits per heavy atom. The van der Waals surface area contributed by atoms with Gasteiger partial charge in [0.25, 0.3) is 0 Å². The molecule has 1 fully saturated rings. The summed E-state index contributed by atoms with van der Waals surface area (Å²) in [4.78, 5) is 24.6. The summed E-state index contributed by atoms with van der Waals surface area (Å²) in [6, 6.07) is 12.3. The molecule has 0 spiro atoms. The van der Waals surface area contributed by atoms with Crippen LogP contribution >= 0.6 is 11.6 Å². The highest BCUT2D eigenvalue weighted by Crippen LogP contribution is 2.33. The molecule has 13 heteroatoms. The third-order valence-corrected chi connectivity index (χ3v) is 7.56. The van der Waals surface area contributed by atoms with Gasteiger partial charge < -0.3 is 9.47 Å². The number of esters is 2. The van der Waals surface area contributed by atoms with Crippen molar-refractivity contribution in [1.82, 2.24) is 9.21 Å². The van der Waals surface area contributed by atoms with Gasteiger partial charge in [-0.25, -0.2) is 18.0 Å². The van der Waals surface area contributed by atoms with Crippen molar-refractivity contribution < 1.29 is 40.7 Å². The van der Waals surface area contributed by atoms with Gasteiger partial charge in [0.15, 0.2) is 6.61 Å². The highest BCUT2D eigenvalue weighted by molar-refractivity contribution is 7.89. The van der Waals surface area contributed by atoms with E-state index in [2.05, 4.69) is 4.74 Å². The molecule has 8 nitrogen and oxygen atoms in total. The van der Waals surface area contributed by atoms with Crippen molar-refractivity contribution in [2.75, 3.05) is 32.8 Å². The Kier molecular flexibility index (Phi) is 8.42. The summed E-state index contributed by atoms with van der Waals surface area (Å²) in [6.07, 6.45) is -5.30. The molecule has 0 aliphatic carbocycles. The van der Waals surface area contributed by atoms with Crippen molar-refractivity contribution in [2.24, 2.45) is 0 Å². The zero-order valence-corrected chi connectivity index (χ0v) is 20.1. The first-order valence-corrected chi connectivity index (χ1v) is 12.2. The zero-order chi connectivity index (χ0) is 25.8. The van der Waals surface area contributed by atoms with Crippen LogP contribution in [-0.4, -0.2) is 68.5 Å². The van der Waals surface area contributed by atoms with E-state index in [1.165, 1.54) is 28.6 Å². The van der Waals surface area contributed by atoms with Crippen LogP contribution in [-0.2, 0) is 24.3 Å². The molecule has 0 saturated carbocycles. The van der Waals surface area contributed by atoms with Crippen LogP contribution in [0, 0.1) is 0 Å². The average Bonchev–Trinajstić information content (AvgIpc) is 2.82. The van der Waals surface area contributed by atoms with Crippen LogP contribution in [0.25, 0.3) is 0 Å². The lowest BCUT2D eigenvalue weighted by Gasteiger charge is -2.38. The van der Waals surface area contributed by atoms with Gasteiger partial charge >= 0.3 is 18.1 Å². The van der Waals surface area contributed by atoms with Crippen molar-refractivity contribution in [3.8, 4) is 5.75 Å². The SMILES string of the molecule is CC(c1cc(Cl)ccc1OCC(=O)OC(=O)C(F)(F)F)N1CCN(S(=O)(=O)c2ccccc2)CC1. The van der Waals surface area contributed by atoms with Gasteiger partial charge in [-0.15, -0.1) is 0 Å². The second-order valence-corrected chi connectivity index (χ2v) is 10.0. The van der Waals surface area contributed by atoms with Crippen LogP contribution in [0.5, 0.6) is 5.75 Å². The monoisotopic (exact) mass is 534 g/mol. The standard InChI is InChI=1S/C22H22ClF3N2O6S/c1-15(27-9-11-28(12-10-27)35(31,32)17-5-3-2-4-6-17)18-13-16(23)7-8-19(18)33-14-20(29)34-21(30)22(24,25)26/h2-8,13,15H,9-12,14H2,1H3. The van der Waals surface area contributed by atoms with Crippen molar-refractivity contribution in [1.29, 1.82) is 0 Å². The fraction of sp³-hybridized carbons (Fsp3) is 0.364. The summed E-state index contributed by atoms with van der Waals surface area (Å²) in [5.74, 6) is -3.96. The van der Waals surface area contributed by atoms with Gasteiger partial charge in [-0.1, -0.05) is 29.8 Å². The van der Waals surface area contributed by atoms with E-state index in [-0.39, 0.29) is 29.8 Å².